The maximum atomic E-state index is 12.0. The summed E-state index contributed by atoms with van der Waals surface area (Å²) < 4.78 is 10.1. The third kappa shape index (κ3) is 11.8. The molecule has 1 aromatic rings. The Hall–Kier alpha value is -2.68. The molecule has 12 nitrogen and oxygen atoms in total. The molecule has 0 saturated heterocycles. The predicted molar refractivity (Wildman–Crippen MR) is 160 cm³/mol. The molecule has 2 rings (SSSR count). The highest BCUT2D eigenvalue weighted by Gasteiger charge is 2.34. The van der Waals surface area contributed by atoms with E-state index in [4.69, 9.17) is 49.6 Å². The number of guanidine groups is 1. The highest BCUT2D eigenvalue weighted by molar-refractivity contribution is 8.76. The predicted octanol–water partition coefficient (Wildman–Crippen LogP) is 4.70. The van der Waals surface area contributed by atoms with Crippen LogP contribution in [0.5, 0.6) is 0 Å². The first-order valence-electron chi connectivity index (χ1n) is 12.3. The molecule has 1 saturated carbocycles. The summed E-state index contributed by atoms with van der Waals surface area (Å²) in [6.07, 6.45) is 3.06. The van der Waals surface area contributed by atoms with Gasteiger partial charge in [-0.25, -0.2) is 9.59 Å². The molecule has 0 bridgehead atoms. The molecule has 0 spiro atoms. The average molecular weight is 636 g/mol. The van der Waals surface area contributed by atoms with Gasteiger partial charge in [-0.3, -0.25) is 10.2 Å². The number of hydrogen-bond donors (Lipinski definition) is 5. The fraction of sp³-hybridized carbons (Fsp3) is 0.500. The third-order valence-corrected chi connectivity index (χ3v) is 8.99. The highest BCUT2D eigenvalue weighted by Crippen LogP contribution is 2.38. The number of amidine groups is 1. The Morgan fingerprint density at radius 2 is 1.70 bits per heavy atom. The Balaban J connectivity index is 1.60. The van der Waals surface area contributed by atoms with Gasteiger partial charge in [0.25, 0.3) is 0 Å². The van der Waals surface area contributed by atoms with Crippen LogP contribution in [0, 0.1) is 10.8 Å². The minimum absolute atomic E-state index is 0.0353. The molecular weight excluding hydrogens is 603 g/mol. The molecule has 0 heterocycles. The number of carbonyl (C=O) groups excluding carboxylic acids is 2. The van der Waals surface area contributed by atoms with Crippen molar-refractivity contribution in [2.75, 3.05) is 31.3 Å². The Bertz CT molecular complexity index is 1130. The van der Waals surface area contributed by atoms with Crippen LogP contribution in [0.3, 0.4) is 0 Å². The van der Waals surface area contributed by atoms with Crippen LogP contribution in [0.15, 0.2) is 28.2 Å². The lowest BCUT2D eigenvalue weighted by atomic mass is 9.72. The second-order valence-corrected chi connectivity index (χ2v) is 12.3. The smallest absolute Gasteiger partial charge is 0.436 e. The molecule has 0 unspecified atom stereocenters. The third-order valence-electron chi connectivity index (χ3n) is 5.84. The van der Waals surface area contributed by atoms with Crippen molar-refractivity contribution in [3.05, 3.63) is 33.8 Å². The van der Waals surface area contributed by atoms with E-state index in [2.05, 4.69) is 15.3 Å². The number of carboxylic acids is 1. The number of nitrogens with zero attached hydrogens (tertiary/aromatic N) is 2. The number of aliphatic imine (C=N–C) groups is 2. The molecule has 220 valence electrons. The molecule has 0 aliphatic heterocycles. The number of halogens is 2. The van der Waals surface area contributed by atoms with Crippen molar-refractivity contribution in [1.29, 1.82) is 5.41 Å². The van der Waals surface area contributed by atoms with Gasteiger partial charge >= 0.3 is 18.2 Å². The van der Waals surface area contributed by atoms with E-state index in [-0.39, 0.29) is 53.3 Å². The van der Waals surface area contributed by atoms with E-state index in [1.807, 2.05) is 0 Å². The van der Waals surface area contributed by atoms with Gasteiger partial charge in [0.2, 0.25) is 5.96 Å². The van der Waals surface area contributed by atoms with Gasteiger partial charge in [-0.05, 0) is 24.3 Å². The lowest BCUT2D eigenvalue weighted by Crippen LogP contribution is -2.40. The number of amides is 2. The van der Waals surface area contributed by atoms with E-state index in [1.165, 1.54) is 27.7 Å². The van der Waals surface area contributed by atoms with Gasteiger partial charge in [0.15, 0.2) is 5.84 Å². The summed E-state index contributed by atoms with van der Waals surface area (Å²) >= 11 is 12.0. The van der Waals surface area contributed by atoms with Crippen LogP contribution in [-0.4, -0.2) is 72.0 Å². The summed E-state index contributed by atoms with van der Waals surface area (Å²) in [5.74, 6) is -0.704. The first-order chi connectivity index (χ1) is 19.0. The summed E-state index contributed by atoms with van der Waals surface area (Å²) in [6, 6.07) is 4.69. The summed E-state index contributed by atoms with van der Waals surface area (Å²) in [5, 5.41) is 20.4. The SMILES string of the molecule is N=C(/C(N)=N\C(N)=N\C(=O)OCCSSCCOC(=O)NCC1(CC(=O)O)CCCCC1)c1cccc(Cl)c1Cl. The minimum Gasteiger partial charge on any atom is -0.481 e. The van der Waals surface area contributed by atoms with E-state index in [0.29, 0.717) is 11.5 Å². The maximum Gasteiger partial charge on any atom is 0.436 e. The van der Waals surface area contributed by atoms with Gasteiger partial charge in [0.05, 0.1) is 16.5 Å². The number of nitrogens with one attached hydrogen (secondary N) is 2. The summed E-state index contributed by atoms with van der Waals surface area (Å²) in [7, 11) is 2.83. The van der Waals surface area contributed by atoms with Crippen LogP contribution < -0.4 is 16.8 Å². The van der Waals surface area contributed by atoms with Gasteiger partial charge < -0.3 is 31.4 Å². The second kappa shape index (κ2) is 17.2. The monoisotopic (exact) mass is 634 g/mol. The van der Waals surface area contributed by atoms with Crippen LogP contribution in [0.4, 0.5) is 9.59 Å². The molecule has 1 aliphatic rings. The molecule has 1 aromatic carbocycles. The van der Waals surface area contributed by atoms with Crippen LogP contribution in [0.2, 0.25) is 10.0 Å². The number of hydrogen-bond acceptors (Lipinski definition) is 8. The Kier molecular flexibility index (Phi) is 14.4. The number of rotatable bonds is 13. The van der Waals surface area contributed by atoms with E-state index in [1.54, 1.807) is 12.1 Å². The Labute approximate surface area is 249 Å². The Morgan fingerprint density at radius 1 is 1.05 bits per heavy atom. The molecule has 0 aromatic heterocycles. The zero-order valence-corrected chi connectivity index (χ0v) is 24.8. The van der Waals surface area contributed by atoms with Gasteiger partial charge in [-0.15, -0.1) is 4.99 Å². The number of benzene rings is 1. The van der Waals surface area contributed by atoms with Crippen molar-refractivity contribution in [3.63, 3.8) is 0 Å². The average Bonchev–Trinajstić information content (AvgIpc) is 2.90. The molecule has 40 heavy (non-hydrogen) atoms. The van der Waals surface area contributed by atoms with Gasteiger partial charge in [-0.2, -0.15) is 4.99 Å². The van der Waals surface area contributed by atoms with E-state index in [0.717, 1.165) is 32.1 Å². The van der Waals surface area contributed by atoms with Crippen molar-refractivity contribution in [2.45, 2.75) is 38.5 Å². The van der Waals surface area contributed by atoms with Crippen molar-refractivity contribution in [2.24, 2.45) is 26.9 Å². The fourth-order valence-electron chi connectivity index (χ4n) is 3.96. The van der Waals surface area contributed by atoms with Crippen molar-refractivity contribution >= 4 is 80.5 Å². The number of ether oxygens (including phenoxy) is 2. The van der Waals surface area contributed by atoms with Crippen molar-refractivity contribution in [3.8, 4) is 0 Å². The zero-order chi connectivity index (χ0) is 29.5. The molecule has 16 heteroatoms. The summed E-state index contributed by atoms with van der Waals surface area (Å²) in [4.78, 5) is 42.3. The normalized spacial score (nSPS) is 15.2. The minimum atomic E-state index is -0.967. The number of aliphatic carboxylic acids is 1. The number of carbonyl (C=O) groups is 3. The van der Waals surface area contributed by atoms with Crippen LogP contribution in [0.1, 0.15) is 44.1 Å². The number of carboxylic acid groups (broad SMARTS) is 1. The van der Waals surface area contributed by atoms with Crippen molar-refractivity contribution < 1.29 is 29.0 Å². The molecular formula is C24H32Cl2N6O6S2. The highest BCUT2D eigenvalue weighted by atomic mass is 35.5. The van der Waals surface area contributed by atoms with Gasteiger partial charge in [-0.1, -0.05) is 76.2 Å². The van der Waals surface area contributed by atoms with E-state index < -0.39 is 29.5 Å². The zero-order valence-electron chi connectivity index (χ0n) is 21.6. The van der Waals surface area contributed by atoms with Crippen LogP contribution in [-0.2, 0) is 14.3 Å². The number of alkyl carbamates (subject to hydrolysis) is 1. The fourth-order valence-corrected chi connectivity index (χ4v) is 6.01. The lowest BCUT2D eigenvalue weighted by Gasteiger charge is -2.36. The molecule has 1 fully saturated rings. The van der Waals surface area contributed by atoms with Gasteiger partial charge in [0, 0.05) is 23.6 Å². The standard InChI is InChI=1S/C24H32Cl2N6O6S2/c25-16-6-4-5-15(18(16)26)19(27)20(28)31-21(29)32-23(36)38-10-12-40-39-11-9-37-22(35)30-14-24(13-17(33)34)7-2-1-3-8-24/h4-6,27H,1-3,7-14H2,(H,30,35)(H,33,34)(H4,28,29,31,32,36). The topological polar surface area (TPSA) is 203 Å². The lowest BCUT2D eigenvalue weighted by molar-refractivity contribution is -0.140. The molecule has 2 amide bonds. The maximum absolute atomic E-state index is 12.0. The molecule has 0 radical (unpaired) electrons. The largest absolute Gasteiger partial charge is 0.481 e. The molecule has 1 aliphatic carbocycles. The molecule has 0 atom stereocenters. The van der Waals surface area contributed by atoms with E-state index >= 15 is 0 Å². The first-order valence-corrected chi connectivity index (χ1v) is 15.5. The number of nitrogens with two attached hydrogens (primary N) is 2. The van der Waals surface area contributed by atoms with Gasteiger partial charge in [0.1, 0.15) is 18.9 Å². The summed E-state index contributed by atoms with van der Waals surface area (Å²) in [5.41, 5.74) is 11.0. The second-order valence-electron chi connectivity index (χ2n) is 8.82. The molecule has 7 N–H and O–H groups in total. The van der Waals surface area contributed by atoms with E-state index in [9.17, 15) is 19.5 Å². The van der Waals surface area contributed by atoms with Crippen LogP contribution in [0.25, 0.3) is 0 Å². The van der Waals surface area contributed by atoms with Crippen LogP contribution >= 0.6 is 44.8 Å². The van der Waals surface area contributed by atoms with Crippen molar-refractivity contribution in [1.82, 2.24) is 5.32 Å². The Morgan fingerprint density at radius 3 is 2.35 bits per heavy atom. The summed E-state index contributed by atoms with van der Waals surface area (Å²) in [6.45, 7) is 0.507. The first kappa shape index (κ1) is 33.5. The quantitative estimate of drug-likeness (QED) is 0.0875.